The molecular weight excluding hydrogens is 180 g/mol. The summed E-state index contributed by atoms with van der Waals surface area (Å²) in [5, 5.41) is 2.25. The van der Waals surface area contributed by atoms with E-state index in [1.807, 2.05) is 0 Å². The first-order valence-corrected chi connectivity index (χ1v) is 5.29. The number of nitrogens with one attached hydrogen (secondary N) is 1. The van der Waals surface area contributed by atoms with Gasteiger partial charge in [-0.3, -0.25) is 0 Å². The average Bonchev–Trinajstić information content (AvgIpc) is 1.81. The van der Waals surface area contributed by atoms with E-state index in [-0.39, 0.29) is 6.54 Å². The molecule has 0 aromatic heterocycles. The fourth-order valence-corrected chi connectivity index (χ4v) is 0.765. The van der Waals surface area contributed by atoms with E-state index in [2.05, 4.69) is 5.32 Å². The van der Waals surface area contributed by atoms with E-state index < -0.39 is 20.6 Å². The third-order valence-electron chi connectivity index (χ3n) is 1.69. The summed E-state index contributed by atoms with van der Waals surface area (Å²) in [6, 6.07) is -0.716. The van der Waals surface area contributed by atoms with Crippen LogP contribution in [0.3, 0.4) is 0 Å². The van der Waals surface area contributed by atoms with Crippen LogP contribution in [0.15, 0.2) is 0 Å². The molecule has 0 aromatic rings. The predicted octanol–water partition coefficient (Wildman–Crippen LogP) is -0.522. The molecule has 0 aliphatic rings. The molecule has 0 atom stereocenters. The highest BCUT2D eigenvalue weighted by molar-refractivity contribution is 7.92. The number of carbonyl (C=O) groups excluding carboxylic acids is 1. The molecule has 12 heavy (non-hydrogen) atoms. The Balaban J connectivity index is 4.35. The lowest BCUT2D eigenvalue weighted by atomic mass is 10.2. The molecule has 0 fully saturated rings. The van der Waals surface area contributed by atoms with Crippen molar-refractivity contribution in [2.45, 2.75) is 18.6 Å². The second-order valence-electron chi connectivity index (χ2n) is 3.25. The Hall–Kier alpha value is -0.780. The molecule has 0 rings (SSSR count). The average molecular weight is 194 g/mol. The molecule has 0 unspecified atom stereocenters. The third kappa shape index (κ3) is 3.08. The molecule has 0 saturated heterocycles. The monoisotopic (exact) mass is 194 g/mol. The second kappa shape index (κ2) is 3.30. The zero-order valence-corrected chi connectivity index (χ0v) is 8.23. The van der Waals surface area contributed by atoms with Crippen LogP contribution >= 0.6 is 0 Å². The van der Waals surface area contributed by atoms with Gasteiger partial charge in [-0.2, -0.15) is 0 Å². The largest absolute Gasteiger partial charge is 0.352 e. The lowest BCUT2D eigenvalue weighted by molar-refractivity contribution is 0.248. The van der Waals surface area contributed by atoms with E-state index in [0.717, 1.165) is 6.26 Å². The van der Waals surface area contributed by atoms with E-state index >= 15 is 0 Å². The Bertz CT molecular complexity index is 269. The molecule has 72 valence electrons. The molecule has 6 heteroatoms. The first-order chi connectivity index (χ1) is 5.17. The number of hydrogen-bond donors (Lipinski definition) is 2. The maximum atomic E-state index is 11.1. The summed E-state index contributed by atoms with van der Waals surface area (Å²) in [6.07, 6.45) is 1.12. The Kier molecular flexibility index (Phi) is 3.09. The Morgan fingerprint density at radius 2 is 1.92 bits per heavy atom. The quantitative estimate of drug-likeness (QED) is 0.633. The van der Waals surface area contributed by atoms with Crippen LogP contribution in [-0.2, 0) is 9.84 Å². The molecule has 0 radical (unpaired) electrons. The molecule has 0 bridgehead atoms. The molecule has 2 amide bonds. The normalized spacial score (nSPS) is 12.6. The topological polar surface area (TPSA) is 89.3 Å². The number of urea groups is 1. The van der Waals surface area contributed by atoms with E-state index in [1.165, 1.54) is 13.8 Å². The minimum absolute atomic E-state index is 0.0289. The number of hydrogen-bond acceptors (Lipinski definition) is 3. The summed E-state index contributed by atoms with van der Waals surface area (Å²) in [5.41, 5.74) is 4.80. The van der Waals surface area contributed by atoms with Gasteiger partial charge in [-0.15, -0.1) is 0 Å². The zero-order valence-electron chi connectivity index (χ0n) is 7.42. The van der Waals surface area contributed by atoms with Gasteiger partial charge in [0.25, 0.3) is 0 Å². The molecule has 5 nitrogen and oxygen atoms in total. The first kappa shape index (κ1) is 11.2. The van der Waals surface area contributed by atoms with Gasteiger partial charge in [0.1, 0.15) is 0 Å². The van der Waals surface area contributed by atoms with Crippen LogP contribution in [-0.4, -0.2) is 32.0 Å². The van der Waals surface area contributed by atoms with Crippen molar-refractivity contribution >= 4 is 15.9 Å². The lowest BCUT2D eigenvalue weighted by Gasteiger charge is -2.21. The Morgan fingerprint density at radius 1 is 1.50 bits per heavy atom. The Labute approximate surface area is 72.2 Å². The summed E-state index contributed by atoms with van der Waals surface area (Å²) in [6.45, 7) is 3.08. The van der Waals surface area contributed by atoms with Crippen molar-refractivity contribution in [1.82, 2.24) is 5.32 Å². The van der Waals surface area contributed by atoms with Crippen molar-refractivity contribution < 1.29 is 13.2 Å². The van der Waals surface area contributed by atoms with Gasteiger partial charge >= 0.3 is 6.03 Å². The summed E-state index contributed by atoms with van der Waals surface area (Å²) >= 11 is 0. The van der Waals surface area contributed by atoms with Crippen LogP contribution in [0.4, 0.5) is 4.79 Å². The van der Waals surface area contributed by atoms with Crippen molar-refractivity contribution in [1.29, 1.82) is 0 Å². The molecule has 0 aromatic carbocycles. The molecule has 0 spiro atoms. The zero-order chi connectivity index (χ0) is 9.99. The summed E-state index contributed by atoms with van der Waals surface area (Å²) < 4.78 is 21.2. The summed E-state index contributed by atoms with van der Waals surface area (Å²) in [5.74, 6) is 0. The van der Waals surface area contributed by atoms with Crippen molar-refractivity contribution in [3.05, 3.63) is 0 Å². The summed E-state index contributed by atoms with van der Waals surface area (Å²) in [4.78, 5) is 10.3. The number of rotatable bonds is 3. The van der Waals surface area contributed by atoms with Crippen molar-refractivity contribution in [3.63, 3.8) is 0 Å². The van der Waals surface area contributed by atoms with E-state index in [0.29, 0.717) is 0 Å². The van der Waals surface area contributed by atoms with Gasteiger partial charge in [-0.05, 0) is 13.8 Å². The number of nitrogens with two attached hydrogens (primary N) is 1. The van der Waals surface area contributed by atoms with Crippen LogP contribution < -0.4 is 11.1 Å². The molecule has 0 saturated carbocycles. The van der Waals surface area contributed by atoms with Crippen molar-refractivity contribution in [2.75, 3.05) is 12.8 Å². The number of primary amides is 1. The van der Waals surface area contributed by atoms with Crippen LogP contribution in [0.1, 0.15) is 13.8 Å². The minimum atomic E-state index is -3.17. The maximum absolute atomic E-state index is 11.1. The molecule has 3 N–H and O–H groups in total. The van der Waals surface area contributed by atoms with Gasteiger partial charge in [0.05, 0.1) is 4.75 Å². The number of amides is 2. The van der Waals surface area contributed by atoms with Crippen LogP contribution in [0.25, 0.3) is 0 Å². The maximum Gasteiger partial charge on any atom is 0.312 e. The molecular formula is C6H14N2O3S. The SMILES string of the molecule is CC(C)(CNC(N)=O)S(C)(=O)=O. The number of carbonyl (C=O) groups is 1. The second-order valence-corrected chi connectivity index (χ2v) is 5.90. The van der Waals surface area contributed by atoms with Gasteiger partial charge < -0.3 is 11.1 Å². The Morgan fingerprint density at radius 3 is 2.17 bits per heavy atom. The third-order valence-corrected chi connectivity index (χ3v) is 3.84. The van der Waals surface area contributed by atoms with Gasteiger partial charge in [-0.25, -0.2) is 13.2 Å². The van der Waals surface area contributed by atoms with E-state index in [1.54, 1.807) is 0 Å². The van der Waals surface area contributed by atoms with Gasteiger partial charge in [0.2, 0.25) is 0 Å². The highest BCUT2D eigenvalue weighted by Crippen LogP contribution is 2.12. The molecule has 0 heterocycles. The minimum Gasteiger partial charge on any atom is -0.352 e. The van der Waals surface area contributed by atoms with Crippen molar-refractivity contribution in [2.24, 2.45) is 5.73 Å². The lowest BCUT2D eigenvalue weighted by Crippen LogP contribution is -2.45. The van der Waals surface area contributed by atoms with Crippen LogP contribution in [0, 0.1) is 0 Å². The fraction of sp³-hybridized carbons (Fsp3) is 0.833. The summed E-state index contributed by atoms with van der Waals surface area (Å²) in [7, 11) is -3.17. The fourth-order valence-electron chi connectivity index (χ4n) is 0.431. The molecule has 0 aliphatic heterocycles. The standard InChI is InChI=1S/C6H14N2O3S/c1-6(2,12(3,10)11)4-8-5(7)9/h4H2,1-3H3,(H3,7,8,9). The van der Waals surface area contributed by atoms with E-state index in [9.17, 15) is 13.2 Å². The van der Waals surface area contributed by atoms with Gasteiger partial charge in [0, 0.05) is 12.8 Å². The van der Waals surface area contributed by atoms with Gasteiger partial charge in [-0.1, -0.05) is 0 Å². The first-order valence-electron chi connectivity index (χ1n) is 3.40. The highest BCUT2D eigenvalue weighted by Gasteiger charge is 2.30. The van der Waals surface area contributed by atoms with Crippen LogP contribution in [0.2, 0.25) is 0 Å². The van der Waals surface area contributed by atoms with Gasteiger partial charge in [0.15, 0.2) is 9.84 Å². The number of sulfone groups is 1. The van der Waals surface area contributed by atoms with E-state index in [4.69, 9.17) is 5.73 Å². The molecule has 0 aliphatic carbocycles. The highest BCUT2D eigenvalue weighted by atomic mass is 32.2. The van der Waals surface area contributed by atoms with Crippen LogP contribution in [0.5, 0.6) is 0 Å². The van der Waals surface area contributed by atoms with Crippen molar-refractivity contribution in [3.8, 4) is 0 Å². The predicted molar refractivity (Wildman–Crippen MR) is 46.5 cm³/mol. The smallest absolute Gasteiger partial charge is 0.312 e.